The van der Waals surface area contributed by atoms with E-state index in [0.29, 0.717) is 6.42 Å². The molecule has 0 saturated heterocycles. The van der Waals surface area contributed by atoms with Gasteiger partial charge in [-0.3, -0.25) is 4.79 Å². The van der Waals surface area contributed by atoms with Gasteiger partial charge in [-0.15, -0.1) is 12.4 Å². The van der Waals surface area contributed by atoms with Crippen LogP contribution in [0.2, 0.25) is 0 Å². The average molecular weight is 427 g/mol. The Morgan fingerprint density at radius 3 is 1.74 bits per heavy atom. The van der Waals surface area contributed by atoms with Gasteiger partial charge in [-0.1, -0.05) is 0 Å². The summed E-state index contributed by atoms with van der Waals surface area (Å²) in [5.74, 6) is -4.81. The number of carbonyl (C=O) groups excluding carboxylic acids is 4. The Hall–Kier alpha value is -0.737. The largest absolute Gasteiger partial charge is 2.00 e. The van der Waals surface area contributed by atoms with Gasteiger partial charge in [0, 0.05) is 24.9 Å². The third-order valence-corrected chi connectivity index (χ3v) is 2.98. The Labute approximate surface area is 155 Å². The van der Waals surface area contributed by atoms with Crippen molar-refractivity contribution < 1.29 is 59.5 Å². The molecule has 12 heteroatoms. The van der Waals surface area contributed by atoms with E-state index in [1.54, 1.807) is 0 Å². The molecule has 1 atom stereocenters. The third-order valence-electron chi connectivity index (χ3n) is 1.92. The molecule has 0 fully saturated rings. The predicted molar refractivity (Wildman–Crippen MR) is 76.8 cm³/mol. The number of carboxylic acid groups (broad SMARTS) is 3. The summed E-state index contributed by atoms with van der Waals surface area (Å²) in [6.07, 6.45) is 3.50. The van der Waals surface area contributed by atoms with Gasteiger partial charge in [0.1, 0.15) is 11.7 Å². The molecule has 0 aromatic carbocycles. The molecule has 0 amide bonds. The second kappa shape index (κ2) is 19.3. The number of aliphatic carboxylic acids is 3. The van der Waals surface area contributed by atoms with Gasteiger partial charge in [-0.2, -0.15) is 0 Å². The zero-order valence-electron chi connectivity index (χ0n) is 12.9. The molecule has 0 aliphatic heterocycles. The molecular formula is C11H20ClNO8SZn. The van der Waals surface area contributed by atoms with Crippen LogP contribution in [0.4, 0.5) is 0 Å². The molecule has 0 aliphatic rings. The van der Waals surface area contributed by atoms with E-state index in [2.05, 4.69) is 12.5 Å². The van der Waals surface area contributed by atoms with Gasteiger partial charge < -0.3 is 40.9 Å². The number of carbonyl (C=O) groups is 4. The summed E-state index contributed by atoms with van der Waals surface area (Å²) in [6.45, 7) is 0. The minimum Gasteiger partial charge on any atom is -0.550 e. The first-order valence-electron chi connectivity index (χ1n) is 5.52. The van der Waals surface area contributed by atoms with Crippen molar-refractivity contribution in [3.63, 3.8) is 0 Å². The third kappa shape index (κ3) is 26.5. The average Bonchev–Trinajstić information content (AvgIpc) is 2.33. The zero-order chi connectivity index (χ0) is 16.3. The number of hydrogen-bond acceptors (Lipinski definition) is 8. The maximum atomic E-state index is 10.1. The first-order chi connectivity index (χ1) is 9.07. The molecule has 0 radical (unpaired) electrons. The van der Waals surface area contributed by atoms with Gasteiger partial charge in [0.15, 0.2) is 5.78 Å². The Balaban J connectivity index is -0.0000000831. The fourth-order valence-corrected chi connectivity index (χ4v) is 1.52. The molecule has 0 bridgehead atoms. The van der Waals surface area contributed by atoms with Crippen LogP contribution in [0.15, 0.2) is 0 Å². The quantitative estimate of drug-likeness (QED) is 0.225. The van der Waals surface area contributed by atoms with Crippen LogP contribution in [0.1, 0.15) is 19.3 Å². The van der Waals surface area contributed by atoms with E-state index in [1.165, 1.54) is 0 Å². The normalized spacial score (nSPS) is 9.74. The fourth-order valence-electron chi connectivity index (χ4n) is 0.798. The minimum atomic E-state index is -1.86. The van der Waals surface area contributed by atoms with Crippen LogP contribution in [0, 0.1) is 0 Å². The van der Waals surface area contributed by atoms with Crippen molar-refractivity contribution in [1.29, 1.82) is 0 Å². The van der Waals surface area contributed by atoms with E-state index in [0.717, 1.165) is 5.75 Å². The first kappa shape index (κ1) is 33.8. The van der Waals surface area contributed by atoms with Gasteiger partial charge in [0.2, 0.25) is 0 Å². The molecule has 4 N–H and O–H groups in total. The number of carboxylic acids is 3. The Morgan fingerprint density at radius 1 is 1.04 bits per heavy atom. The van der Waals surface area contributed by atoms with Crippen molar-refractivity contribution >= 4 is 47.0 Å². The van der Waals surface area contributed by atoms with Gasteiger partial charge in [0.05, 0.1) is 18.5 Å². The van der Waals surface area contributed by atoms with E-state index in [-0.39, 0.29) is 48.3 Å². The van der Waals surface area contributed by atoms with Crippen LogP contribution >= 0.6 is 12.4 Å². The molecule has 0 spiro atoms. The zero-order valence-corrected chi connectivity index (χ0v) is 17.5. The van der Waals surface area contributed by atoms with Crippen molar-refractivity contribution in [2.45, 2.75) is 25.3 Å². The van der Waals surface area contributed by atoms with Gasteiger partial charge in [-0.25, -0.2) is 0 Å². The Bertz CT molecular complexity index is 370. The summed E-state index contributed by atoms with van der Waals surface area (Å²) in [5.41, 5.74) is 5.21. The molecule has 132 valence electrons. The predicted octanol–water partition coefficient (Wildman–Crippen LogP) is -5.24. The fraction of sp³-hybridized carbons (Fsp3) is 0.636. The summed E-state index contributed by atoms with van der Waals surface area (Å²) < 4.78 is 0. The number of nitrogens with two attached hydrogens (primary N) is 1. The van der Waals surface area contributed by atoms with E-state index in [1.807, 2.05) is 0 Å². The molecule has 0 aromatic rings. The Morgan fingerprint density at radius 2 is 1.48 bits per heavy atom. The smallest absolute Gasteiger partial charge is 0.550 e. The molecule has 0 saturated carbocycles. The van der Waals surface area contributed by atoms with Gasteiger partial charge >= 0.3 is 19.5 Å². The summed E-state index contributed by atoms with van der Waals surface area (Å²) in [7, 11) is 0.276. The second-order valence-corrected chi connectivity index (χ2v) is 6.37. The summed E-state index contributed by atoms with van der Waals surface area (Å²) in [6, 6.07) is -0.783. The van der Waals surface area contributed by atoms with Crippen molar-refractivity contribution in [3.05, 3.63) is 0 Å². The van der Waals surface area contributed by atoms with Crippen molar-refractivity contribution in [2.75, 3.05) is 18.3 Å². The summed E-state index contributed by atoms with van der Waals surface area (Å²) >= 11 is 0. The maximum Gasteiger partial charge on any atom is 2.00 e. The van der Waals surface area contributed by atoms with Crippen LogP contribution in [0.3, 0.4) is 0 Å². The molecule has 23 heavy (non-hydrogen) atoms. The van der Waals surface area contributed by atoms with E-state index in [9.17, 15) is 34.5 Å². The monoisotopic (exact) mass is 425 g/mol. The number of hydrogen-bond donors (Lipinski definition) is 1. The molecule has 0 aromatic heterocycles. The standard InChI is InChI=1S/C6H13NO2S.C5H6O5.ClH.H2O.Zn/c1-10(2)4-3-5(7)6(8)9;6-3(5(9)10)1-2-4(7)8;;;/h5H,3-4,7H2,1-2H3;1-2H2,(H,7,8)(H,9,10);1H;1H2;/q;;;;+2/p-2. The number of halogens is 1. The minimum absolute atomic E-state index is 0. The van der Waals surface area contributed by atoms with E-state index < -0.39 is 42.6 Å². The second-order valence-electron chi connectivity index (χ2n) is 3.99. The maximum absolute atomic E-state index is 10.1. The van der Waals surface area contributed by atoms with Crippen LogP contribution in [-0.4, -0.2) is 53.5 Å². The van der Waals surface area contributed by atoms with E-state index >= 15 is 0 Å². The summed E-state index contributed by atoms with van der Waals surface area (Å²) in [5, 5.41) is 29.4. The molecule has 0 aliphatic carbocycles. The van der Waals surface area contributed by atoms with Crippen molar-refractivity contribution in [3.8, 4) is 0 Å². The first-order valence-corrected chi connectivity index (χ1v) is 7.73. The summed E-state index contributed by atoms with van der Waals surface area (Å²) in [4.78, 5) is 39.5. The Kier molecular flexibility index (Phi) is 28.4. The van der Waals surface area contributed by atoms with Gasteiger partial charge in [-0.05, 0) is 17.3 Å². The van der Waals surface area contributed by atoms with Crippen LogP contribution in [0.5, 0.6) is 0 Å². The molecule has 9 nitrogen and oxygen atoms in total. The molecule has 0 heterocycles. The number of Topliss-reactive ketones (excluding diaryl/α,β-unsaturated/α-hetero) is 1. The van der Waals surface area contributed by atoms with Gasteiger partial charge in [0.25, 0.3) is 0 Å². The van der Waals surface area contributed by atoms with Crippen LogP contribution < -0.4 is 21.1 Å². The van der Waals surface area contributed by atoms with Crippen molar-refractivity contribution in [1.82, 2.24) is 0 Å². The number of rotatable bonds is 8. The topological polar surface area (TPSA) is 195 Å². The number of ketones is 1. The molecule has 0 rings (SSSR count). The SMILES string of the molecule is C[S+](C)CCC(N)C(=O)[O-].Cl.O.O=C([O-])CCC(=O)C(=O)[O-].[Zn+2]. The van der Waals surface area contributed by atoms with Crippen LogP contribution in [0.25, 0.3) is 0 Å². The van der Waals surface area contributed by atoms with Crippen molar-refractivity contribution in [2.24, 2.45) is 5.73 Å². The van der Waals surface area contributed by atoms with E-state index in [4.69, 9.17) is 5.73 Å². The molecule has 1 unspecified atom stereocenters. The molecular weight excluding hydrogens is 407 g/mol. The van der Waals surface area contributed by atoms with Crippen LogP contribution in [-0.2, 0) is 49.6 Å².